The molecule has 1 heterocycles. The van der Waals surface area contributed by atoms with Gasteiger partial charge in [-0.25, -0.2) is 4.99 Å². The van der Waals surface area contributed by atoms with Crippen LogP contribution >= 0.6 is 56.9 Å². The highest BCUT2D eigenvalue weighted by atomic mass is 127. The molecule has 0 atom stereocenters. The summed E-state index contributed by atoms with van der Waals surface area (Å²) in [5.74, 6) is 3.80. The number of thioether (sulfide) groups is 1. The number of halogens is 2. The highest BCUT2D eigenvalue weighted by Crippen LogP contribution is 2.32. The van der Waals surface area contributed by atoms with E-state index in [1.54, 1.807) is 7.11 Å². The monoisotopic (exact) mass is 616 g/mol. The lowest BCUT2D eigenvalue weighted by molar-refractivity contribution is -0.115. The molecule has 1 aliphatic heterocycles. The van der Waals surface area contributed by atoms with Gasteiger partial charge >= 0.3 is 0 Å². The molecule has 0 bridgehead atoms. The third kappa shape index (κ3) is 5.21. The number of nitrogens with one attached hydrogen (secondary N) is 1. The van der Waals surface area contributed by atoms with Crippen LogP contribution in [0.1, 0.15) is 5.56 Å². The van der Waals surface area contributed by atoms with E-state index >= 15 is 0 Å². The standard InChI is InChI=1S/C20H14I2N2O3S/c1-3-8-27-18-15(21)9-12(10-16(18)22)11-17-19(25)24-20(28-17)23-13-4-6-14(26-2)7-5-13/h1,4-7,9-11H,8H2,2H3,(H,23,24,25)/b17-11-. The summed E-state index contributed by atoms with van der Waals surface area (Å²) in [7, 11) is 1.61. The minimum atomic E-state index is -0.171. The first kappa shape index (κ1) is 21.0. The third-order valence-electron chi connectivity index (χ3n) is 3.57. The van der Waals surface area contributed by atoms with Crippen molar-refractivity contribution in [1.29, 1.82) is 0 Å². The summed E-state index contributed by atoms with van der Waals surface area (Å²) in [6, 6.07) is 11.2. The summed E-state index contributed by atoms with van der Waals surface area (Å²) >= 11 is 5.70. The summed E-state index contributed by atoms with van der Waals surface area (Å²) in [5.41, 5.74) is 1.65. The number of benzene rings is 2. The molecule has 1 amide bonds. The van der Waals surface area contributed by atoms with Gasteiger partial charge in [0, 0.05) is 0 Å². The zero-order valence-electron chi connectivity index (χ0n) is 14.7. The van der Waals surface area contributed by atoms with Gasteiger partial charge in [-0.2, -0.15) is 0 Å². The van der Waals surface area contributed by atoms with Crippen LogP contribution in [0.5, 0.6) is 11.5 Å². The van der Waals surface area contributed by atoms with E-state index < -0.39 is 0 Å². The van der Waals surface area contributed by atoms with E-state index in [2.05, 4.69) is 61.4 Å². The second-order valence-corrected chi connectivity index (χ2v) is 8.84. The van der Waals surface area contributed by atoms with Crippen molar-refractivity contribution in [2.45, 2.75) is 0 Å². The maximum Gasteiger partial charge on any atom is 0.264 e. The molecule has 5 nitrogen and oxygen atoms in total. The molecule has 3 rings (SSSR count). The van der Waals surface area contributed by atoms with Crippen LogP contribution < -0.4 is 14.8 Å². The molecule has 2 aromatic carbocycles. The SMILES string of the molecule is C#CCOc1c(I)cc(/C=C2\SC(=Nc3ccc(OC)cc3)NC2=O)cc1I. The number of nitrogens with zero attached hydrogens (tertiary/aromatic N) is 1. The van der Waals surface area contributed by atoms with Crippen LogP contribution in [0.15, 0.2) is 46.3 Å². The normalized spacial score (nSPS) is 16.1. The topological polar surface area (TPSA) is 59.9 Å². The number of rotatable bonds is 5. The molecule has 8 heteroatoms. The van der Waals surface area contributed by atoms with E-state index in [1.807, 2.05) is 42.5 Å². The van der Waals surface area contributed by atoms with E-state index in [4.69, 9.17) is 15.9 Å². The number of ether oxygens (including phenoxy) is 2. The lowest BCUT2D eigenvalue weighted by Gasteiger charge is -2.09. The van der Waals surface area contributed by atoms with Crippen molar-refractivity contribution in [2.24, 2.45) is 4.99 Å². The van der Waals surface area contributed by atoms with Crippen molar-refractivity contribution in [3.63, 3.8) is 0 Å². The maximum atomic E-state index is 12.3. The third-order valence-corrected chi connectivity index (χ3v) is 6.08. The highest BCUT2D eigenvalue weighted by molar-refractivity contribution is 14.1. The molecule has 0 aromatic heterocycles. The highest BCUT2D eigenvalue weighted by Gasteiger charge is 2.24. The van der Waals surface area contributed by atoms with Crippen LogP contribution in [-0.4, -0.2) is 24.8 Å². The van der Waals surface area contributed by atoms with Crippen LogP contribution in [0, 0.1) is 19.5 Å². The van der Waals surface area contributed by atoms with E-state index in [0.717, 1.165) is 29.9 Å². The molecular formula is C20H14I2N2O3S. The van der Waals surface area contributed by atoms with Crippen molar-refractivity contribution in [1.82, 2.24) is 5.32 Å². The Morgan fingerprint density at radius 3 is 2.54 bits per heavy atom. The van der Waals surface area contributed by atoms with Gasteiger partial charge < -0.3 is 14.8 Å². The molecule has 0 radical (unpaired) electrons. The Balaban J connectivity index is 1.80. The first-order chi connectivity index (χ1) is 13.5. The zero-order valence-corrected chi connectivity index (χ0v) is 19.8. The average molecular weight is 616 g/mol. The van der Waals surface area contributed by atoms with Gasteiger partial charge in [0.05, 0.1) is 24.8 Å². The van der Waals surface area contributed by atoms with E-state index in [-0.39, 0.29) is 12.5 Å². The van der Waals surface area contributed by atoms with Crippen molar-refractivity contribution in [2.75, 3.05) is 13.7 Å². The van der Waals surface area contributed by atoms with Crippen LogP contribution in [0.4, 0.5) is 5.69 Å². The van der Waals surface area contributed by atoms with Gasteiger partial charge in [-0.05, 0) is 105 Å². The number of hydrogen-bond acceptors (Lipinski definition) is 5. The molecule has 142 valence electrons. The number of terminal acetylenes is 1. The minimum Gasteiger partial charge on any atom is -0.497 e. The largest absolute Gasteiger partial charge is 0.497 e. The molecule has 1 saturated heterocycles. The van der Waals surface area contributed by atoms with Crippen molar-refractivity contribution in [3.8, 4) is 23.8 Å². The van der Waals surface area contributed by atoms with E-state index in [0.29, 0.717) is 10.1 Å². The van der Waals surface area contributed by atoms with Gasteiger partial charge in [0.1, 0.15) is 18.1 Å². The van der Waals surface area contributed by atoms with Gasteiger partial charge in [0.2, 0.25) is 0 Å². The molecule has 0 spiro atoms. The molecule has 1 fully saturated rings. The van der Waals surface area contributed by atoms with Crippen LogP contribution in [0.3, 0.4) is 0 Å². The molecule has 1 N–H and O–H groups in total. The second-order valence-electron chi connectivity index (χ2n) is 5.49. The molecule has 0 aliphatic carbocycles. The van der Waals surface area contributed by atoms with E-state index in [1.165, 1.54) is 11.8 Å². The zero-order chi connectivity index (χ0) is 20.1. The number of aliphatic imine (C=N–C) groups is 1. The fourth-order valence-corrected chi connectivity index (χ4v) is 5.29. The van der Waals surface area contributed by atoms with Crippen LogP contribution in [0.2, 0.25) is 0 Å². The predicted octanol–water partition coefficient (Wildman–Crippen LogP) is 4.81. The van der Waals surface area contributed by atoms with Gasteiger partial charge in [-0.15, -0.1) is 6.42 Å². The predicted molar refractivity (Wildman–Crippen MR) is 130 cm³/mol. The van der Waals surface area contributed by atoms with Gasteiger partial charge in [0.15, 0.2) is 5.17 Å². The Hall–Kier alpha value is -1.71. The maximum absolute atomic E-state index is 12.3. The average Bonchev–Trinajstić information content (AvgIpc) is 3.00. The Kier molecular flexibility index (Phi) is 7.25. The second kappa shape index (κ2) is 9.67. The molecule has 1 aliphatic rings. The lowest BCUT2D eigenvalue weighted by Crippen LogP contribution is -2.19. The first-order valence-corrected chi connectivity index (χ1v) is 11.0. The van der Waals surface area contributed by atoms with Gasteiger partial charge in [-0.1, -0.05) is 5.92 Å². The number of carbonyl (C=O) groups excluding carboxylic acids is 1. The number of amides is 1. The quantitative estimate of drug-likeness (QED) is 0.298. The van der Waals surface area contributed by atoms with Crippen molar-refractivity contribution in [3.05, 3.63) is 54.0 Å². The van der Waals surface area contributed by atoms with Crippen molar-refractivity contribution < 1.29 is 14.3 Å². The molecular weight excluding hydrogens is 602 g/mol. The van der Waals surface area contributed by atoms with Crippen molar-refractivity contribution >= 4 is 79.8 Å². The lowest BCUT2D eigenvalue weighted by atomic mass is 10.2. The fourth-order valence-electron chi connectivity index (χ4n) is 2.32. The molecule has 0 unspecified atom stereocenters. The Morgan fingerprint density at radius 1 is 1.25 bits per heavy atom. The number of carbonyl (C=O) groups is 1. The molecule has 0 saturated carbocycles. The first-order valence-electron chi connectivity index (χ1n) is 7.99. The van der Waals surface area contributed by atoms with Crippen LogP contribution in [-0.2, 0) is 4.79 Å². The Labute approximate surface area is 194 Å². The summed E-state index contributed by atoms with van der Waals surface area (Å²) < 4.78 is 12.6. The summed E-state index contributed by atoms with van der Waals surface area (Å²) in [6.07, 6.45) is 7.10. The van der Waals surface area contributed by atoms with Gasteiger partial charge in [-0.3, -0.25) is 4.79 Å². The van der Waals surface area contributed by atoms with Crippen LogP contribution in [0.25, 0.3) is 6.08 Å². The van der Waals surface area contributed by atoms with Gasteiger partial charge in [0.25, 0.3) is 5.91 Å². The minimum absolute atomic E-state index is 0.171. The summed E-state index contributed by atoms with van der Waals surface area (Å²) in [4.78, 5) is 17.4. The Bertz CT molecular complexity index is 988. The molecule has 28 heavy (non-hydrogen) atoms. The number of amidine groups is 1. The molecule has 2 aromatic rings. The summed E-state index contributed by atoms with van der Waals surface area (Å²) in [5, 5.41) is 3.34. The smallest absolute Gasteiger partial charge is 0.264 e. The number of hydrogen-bond donors (Lipinski definition) is 1. The fraction of sp³-hybridized carbons (Fsp3) is 0.100. The number of methoxy groups -OCH3 is 1. The summed E-state index contributed by atoms with van der Waals surface area (Å²) in [6.45, 7) is 0.218. The van der Waals surface area contributed by atoms with E-state index in [9.17, 15) is 4.79 Å². The Morgan fingerprint density at radius 2 is 1.93 bits per heavy atom.